The van der Waals surface area contributed by atoms with Gasteiger partial charge in [0.2, 0.25) is 0 Å². The molecule has 0 saturated carbocycles. The Balaban J connectivity index is 1.92. The van der Waals surface area contributed by atoms with Gasteiger partial charge in [0.05, 0.1) is 12.6 Å². The van der Waals surface area contributed by atoms with E-state index in [0.717, 1.165) is 37.7 Å². The number of likely N-dealkylation sites (tertiary alicyclic amines) is 1. The second-order valence-electron chi connectivity index (χ2n) is 7.13. The summed E-state index contributed by atoms with van der Waals surface area (Å²) in [6.07, 6.45) is 2.75. The van der Waals surface area contributed by atoms with E-state index in [1.807, 2.05) is 7.11 Å². The predicted molar refractivity (Wildman–Crippen MR) is 85.3 cm³/mol. The third-order valence-electron chi connectivity index (χ3n) is 4.06. The molecule has 4 nitrogen and oxygen atoms in total. The van der Waals surface area contributed by atoms with Crippen molar-refractivity contribution in [3.8, 4) is 0 Å². The minimum absolute atomic E-state index is 0.127. The van der Waals surface area contributed by atoms with Crippen molar-refractivity contribution in [2.45, 2.75) is 65.3 Å². The monoisotopic (exact) mass is 294 g/mol. The largest absolute Gasteiger partial charge is 0.465 e. The molecule has 4 heteroatoms. The Morgan fingerprint density at radius 3 is 2.86 bits per heavy atom. The standard InChI is InChI=1S/C17H30N2O2/c1-13-14(10-18-17(2,3)4)9-16(21-13)12-19-8-6-7-15(11-19)20-5/h9,15,18H,6-8,10-12H2,1-5H3. The molecule has 21 heavy (non-hydrogen) atoms. The zero-order chi connectivity index (χ0) is 15.5. The average Bonchev–Trinajstić information content (AvgIpc) is 2.76. The van der Waals surface area contributed by atoms with Crippen molar-refractivity contribution in [2.24, 2.45) is 0 Å². The van der Waals surface area contributed by atoms with E-state index in [1.165, 1.54) is 18.4 Å². The van der Waals surface area contributed by atoms with Gasteiger partial charge in [-0.2, -0.15) is 0 Å². The molecule has 120 valence electrons. The molecule has 0 bridgehead atoms. The van der Waals surface area contributed by atoms with E-state index < -0.39 is 0 Å². The highest BCUT2D eigenvalue weighted by Gasteiger charge is 2.21. The molecular formula is C17H30N2O2. The molecule has 2 rings (SSSR count). The summed E-state index contributed by atoms with van der Waals surface area (Å²) in [6.45, 7) is 12.5. The van der Waals surface area contributed by atoms with Gasteiger partial charge in [-0.3, -0.25) is 4.90 Å². The van der Waals surface area contributed by atoms with Crippen LogP contribution in [-0.2, 0) is 17.8 Å². The maximum absolute atomic E-state index is 5.93. The summed E-state index contributed by atoms with van der Waals surface area (Å²) in [4.78, 5) is 2.43. The Bertz CT molecular complexity index is 448. The van der Waals surface area contributed by atoms with Crippen molar-refractivity contribution in [3.05, 3.63) is 23.2 Å². The Morgan fingerprint density at radius 2 is 2.19 bits per heavy atom. The molecule has 1 aliphatic rings. The lowest BCUT2D eigenvalue weighted by molar-refractivity contribution is 0.0263. The SMILES string of the molecule is COC1CCCN(Cc2cc(CNC(C)(C)C)c(C)o2)C1. The van der Waals surface area contributed by atoms with Crippen molar-refractivity contribution in [1.29, 1.82) is 0 Å². The summed E-state index contributed by atoms with van der Waals surface area (Å²) in [5.74, 6) is 2.09. The fourth-order valence-electron chi connectivity index (χ4n) is 2.77. The van der Waals surface area contributed by atoms with Gasteiger partial charge in [0.15, 0.2) is 0 Å². The molecule has 0 aromatic carbocycles. The smallest absolute Gasteiger partial charge is 0.118 e. The third-order valence-corrected chi connectivity index (χ3v) is 4.06. The van der Waals surface area contributed by atoms with Crippen molar-refractivity contribution < 1.29 is 9.15 Å². The van der Waals surface area contributed by atoms with Crippen LogP contribution < -0.4 is 5.32 Å². The van der Waals surface area contributed by atoms with Gasteiger partial charge in [-0.05, 0) is 53.1 Å². The molecule has 2 heterocycles. The molecule has 1 aromatic heterocycles. The Morgan fingerprint density at radius 1 is 1.43 bits per heavy atom. The fourth-order valence-corrected chi connectivity index (χ4v) is 2.77. The molecule has 1 atom stereocenters. The molecule has 1 aliphatic heterocycles. The molecule has 0 aliphatic carbocycles. The van der Waals surface area contributed by atoms with E-state index in [-0.39, 0.29) is 5.54 Å². The Hall–Kier alpha value is -0.840. The van der Waals surface area contributed by atoms with E-state index in [0.29, 0.717) is 6.10 Å². The molecule has 1 fully saturated rings. The minimum atomic E-state index is 0.127. The lowest BCUT2D eigenvalue weighted by Crippen LogP contribution is -2.38. The molecule has 1 N–H and O–H groups in total. The van der Waals surface area contributed by atoms with Gasteiger partial charge in [-0.1, -0.05) is 0 Å². The zero-order valence-electron chi connectivity index (χ0n) is 14.2. The number of hydrogen-bond donors (Lipinski definition) is 1. The molecule has 1 saturated heterocycles. The molecule has 0 spiro atoms. The van der Waals surface area contributed by atoms with E-state index >= 15 is 0 Å². The van der Waals surface area contributed by atoms with Crippen LogP contribution >= 0.6 is 0 Å². The van der Waals surface area contributed by atoms with Crippen molar-refractivity contribution in [3.63, 3.8) is 0 Å². The predicted octanol–water partition coefficient (Wildman–Crippen LogP) is 3.09. The Labute approximate surface area is 128 Å². The summed E-state index contributed by atoms with van der Waals surface area (Å²) in [5.41, 5.74) is 1.39. The first-order chi connectivity index (χ1) is 9.87. The van der Waals surface area contributed by atoms with Gasteiger partial charge >= 0.3 is 0 Å². The summed E-state index contributed by atoms with van der Waals surface area (Å²) in [5, 5.41) is 3.52. The number of aryl methyl sites for hydroxylation is 1. The molecule has 1 unspecified atom stereocenters. The van der Waals surface area contributed by atoms with E-state index in [1.54, 1.807) is 0 Å². The lowest BCUT2D eigenvalue weighted by atomic mass is 10.1. The number of rotatable bonds is 5. The number of hydrogen-bond acceptors (Lipinski definition) is 4. The number of nitrogens with zero attached hydrogens (tertiary/aromatic N) is 1. The minimum Gasteiger partial charge on any atom is -0.465 e. The first kappa shape index (κ1) is 16.5. The van der Waals surface area contributed by atoms with Crippen LogP contribution in [-0.4, -0.2) is 36.7 Å². The van der Waals surface area contributed by atoms with Crippen LogP contribution in [0.15, 0.2) is 10.5 Å². The summed E-state index contributed by atoms with van der Waals surface area (Å²) >= 11 is 0. The second-order valence-corrected chi connectivity index (χ2v) is 7.13. The maximum Gasteiger partial charge on any atom is 0.118 e. The highest BCUT2D eigenvalue weighted by molar-refractivity contribution is 5.21. The van der Waals surface area contributed by atoms with Crippen LogP contribution in [0.1, 0.15) is 50.7 Å². The van der Waals surface area contributed by atoms with Crippen LogP contribution in [0.2, 0.25) is 0 Å². The van der Waals surface area contributed by atoms with Gasteiger partial charge < -0.3 is 14.5 Å². The normalized spacial score (nSPS) is 20.9. The van der Waals surface area contributed by atoms with Crippen molar-refractivity contribution >= 4 is 0 Å². The topological polar surface area (TPSA) is 37.6 Å². The summed E-state index contributed by atoms with van der Waals surface area (Å²) in [6, 6.07) is 2.20. The number of methoxy groups -OCH3 is 1. The number of nitrogens with one attached hydrogen (secondary N) is 1. The maximum atomic E-state index is 5.93. The zero-order valence-corrected chi connectivity index (χ0v) is 14.2. The van der Waals surface area contributed by atoms with Gasteiger partial charge in [0.25, 0.3) is 0 Å². The van der Waals surface area contributed by atoms with E-state index in [2.05, 4.69) is 44.0 Å². The first-order valence-electron chi connectivity index (χ1n) is 7.96. The van der Waals surface area contributed by atoms with E-state index in [4.69, 9.17) is 9.15 Å². The number of piperidine rings is 1. The van der Waals surface area contributed by atoms with Gasteiger partial charge in [0.1, 0.15) is 11.5 Å². The lowest BCUT2D eigenvalue weighted by Gasteiger charge is -2.31. The van der Waals surface area contributed by atoms with Crippen LogP contribution in [0, 0.1) is 6.92 Å². The number of ether oxygens (including phenoxy) is 1. The number of furan rings is 1. The van der Waals surface area contributed by atoms with Crippen LogP contribution in [0.4, 0.5) is 0 Å². The first-order valence-corrected chi connectivity index (χ1v) is 7.96. The van der Waals surface area contributed by atoms with Crippen molar-refractivity contribution in [1.82, 2.24) is 10.2 Å². The third kappa shape index (κ3) is 5.13. The van der Waals surface area contributed by atoms with Gasteiger partial charge in [-0.15, -0.1) is 0 Å². The fraction of sp³-hybridized carbons (Fsp3) is 0.765. The van der Waals surface area contributed by atoms with Crippen LogP contribution in [0.3, 0.4) is 0 Å². The molecule has 0 amide bonds. The van der Waals surface area contributed by atoms with Gasteiger partial charge in [-0.25, -0.2) is 0 Å². The van der Waals surface area contributed by atoms with E-state index in [9.17, 15) is 0 Å². The summed E-state index contributed by atoms with van der Waals surface area (Å²) < 4.78 is 11.4. The van der Waals surface area contributed by atoms with Crippen LogP contribution in [0.25, 0.3) is 0 Å². The molecule has 0 radical (unpaired) electrons. The highest BCUT2D eigenvalue weighted by atomic mass is 16.5. The quantitative estimate of drug-likeness (QED) is 0.905. The second kappa shape index (κ2) is 6.95. The highest BCUT2D eigenvalue weighted by Crippen LogP contribution is 2.20. The van der Waals surface area contributed by atoms with Crippen molar-refractivity contribution in [2.75, 3.05) is 20.2 Å². The molecular weight excluding hydrogens is 264 g/mol. The van der Waals surface area contributed by atoms with Crippen LogP contribution in [0.5, 0.6) is 0 Å². The molecule has 1 aromatic rings. The Kier molecular flexibility index (Phi) is 5.47. The summed E-state index contributed by atoms with van der Waals surface area (Å²) in [7, 11) is 1.81. The van der Waals surface area contributed by atoms with Gasteiger partial charge in [0, 0.05) is 31.3 Å². The average molecular weight is 294 g/mol.